The summed E-state index contributed by atoms with van der Waals surface area (Å²) in [5, 5.41) is 0. The van der Waals surface area contributed by atoms with Crippen molar-refractivity contribution in [3.8, 4) is 0 Å². The molecular weight excluding hydrogens is 240 g/mol. The van der Waals surface area contributed by atoms with Gasteiger partial charge in [0.2, 0.25) is 0 Å². The number of aromatic nitrogens is 1. The molecule has 4 nitrogen and oxygen atoms in total. The summed E-state index contributed by atoms with van der Waals surface area (Å²) in [7, 11) is 1.54. The molecule has 0 amide bonds. The largest absolute Gasteiger partial charge is 0.384 e. The highest BCUT2D eigenvalue weighted by Gasteiger charge is 2.19. The molecule has 2 N–H and O–H groups in total. The number of benzene rings is 1. The summed E-state index contributed by atoms with van der Waals surface area (Å²) in [6, 6.07) is 12.9. The number of ether oxygens (including phenoxy) is 1. The molecule has 1 aromatic heterocycles. The lowest BCUT2D eigenvalue weighted by atomic mass is 10.0. The zero-order valence-electron chi connectivity index (χ0n) is 10.7. The van der Waals surface area contributed by atoms with Crippen LogP contribution in [0, 0.1) is 0 Å². The average molecular weight is 256 g/mol. The molecule has 0 fully saturated rings. The van der Waals surface area contributed by atoms with E-state index in [2.05, 4.69) is 4.98 Å². The van der Waals surface area contributed by atoms with Gasteiger partial charge >= 0.3 is 0 Å². The number of pyridine rings is 1. The van der Waals surface area contributed by atoms with Crippen molar-refractivity contribution in [1.29, 1.82) is 0 Å². The fourth-order valence-electron chi connectivity index (χ4n) is 1.98. The minimum Gasteiger partial charge on any atom is -0.384 e. The maximum Gasteiger partial charge on any atom is 0.170 e. The third kappa shape index (κ3) is 3.39. The summed E-state index contributed by atoms with van der Waals surface area (Å²) in [4.78, 5) is 16.2. The van der Waals surface area contributed by atoms with Crippen LogP contribution >= 0.6 is 0 Å². The molecule has 1 aromatic carbocycles. The van der Waals surface area contributed by atoms with Crippen LogP contribution in [0.4, 0.5) is 5.82 Å². The number of hydrogen-bond acceptors (Lipinski definition) is 4. The topological polar surface area (TPSA) is 65.2 Å². The Bertz CT molecular complexity index is 555. The minimum absolute atomic E-state index is 0.000648. The Morgan fingerprint density at radius 2 is 2.05 bits per heavy atom. The van der Waals surface area contributed by atoms with Gasteiger partial charge in [-0.3, -0.25) is 4.79 Å². The van der Waals surface area contributed by atoms with Gasteiger partial charge in [-0.2, -0.15) is 0 Å². The number of carbonyl (C=O) groups excluding carboxylic acids is 1. The second kappa shape index (κ2) is 6.11. The Hall–Kier alpha value is -2.20. The monoisotopic (exact) mass is 256 g/mol. The van der Waals surface area contributed by atoms with Crippen LogP contribution < -0.4 is 5.73 Å². The van der Waals surface area contributed by atoms with E-state index in [4.69, 9.17) is 10.5 Å². The smallest absolute Gasteiger partial charge is 0.170 e. The van der Waals surface area contributed by atoms with Gasteiger partial charge in [0.1, 0.15) is 11.9 Å². The molecule has 0 saturated heterocycles. The summed E-state index contributed by atoms with van der Waals surface area (Å²) in [6.45, 7) is 0. The Kier molecular flexibility index (Phi) is 4.26. The first-order valence-corrected chi connectivity index (χ1v) is 6.01. The number of anilines is 1. The first-order valence-electron chi connectivity index (χ1n) is 6.01. The van der Waals surface area contributed by atoms with Crippen LogP contribution in [-0.4, -0.2) is 17.9 Å². The highest BCUT2D eigenvalue weighted by Crippen LogP contribution is 2.19. The summed E-state index contributed by atoms with van der Waals surface area (Å²) in [6.07, 6.45) is 1.33. The number of nitrogens with two attached hydrogens (primary N) is 1. The molecule has 0 radical (unpaired) electrons. The molecule has 2 rings (SSSR count). The molecule has 1 atom stereocenters. The van der Waals surface area contributed by atoms with Crippen LogP contribution in [0.5, 0.6) is 0 Å². The summed E-state index contributed by atoms with van der Waals surface area (Å²) >= 11 is 0. The van der Waals surface area contributed by atoms with Crippen LogP contribution in [0.15, 0.2) is 48.7 Å². The predicted octanol–water partition coefficient (Wildman–Crippen LogP) is 2.16. The van der Waals surface area contributed by atoms with Crippen molar-refractivity contribution < 1.29 is 9.53 Å². The van der Waals surface area contributed by atoms with Gasteiger partial charge in [-0.25, -0.2) is 4.98 Å². The third-order valence-electron chi connectivity index (χ3n) is 2.85. The SMILES string of the molecule is COC(C(=O)Cc1ccnc(N)c1)c1ccccc1. The number of carbonyl (C=O) groups is 1. The molecule has 19 heavy (non-hydrogen) atoms. The highest BCUT2D eigenvalue weighted by molar-refractivity contribution is 5.86. The van der Waals surface area contributed by atoms with Gasteiger partial charge in [0, 0.05) is 19.7 Å². The van der Waals surface area contributed by atoms with E-state index in [0.717, 1.165) is 11.1 Å². The number of Topliss-reactive ketones (excluding diaryl/α,β-unsaturated/α-hetero) is 1. The van der Waals surface area contributed by atoms with Gasteiger partial charge in [-0.15, -0.1) is 0 Å². The first kappa shape index (κ1) is 13.2. The Morgan fingerprint density at radius 1 is 1.32 bits per heavy atom. The molecular formula is C15H16N2O2. The third-order valence-corrected chi connectivity index (χ3v) is 2.85. The Morgan fingerprint density at radius 3 is 2.68 bits per heavy atom. The number of hydrogen-bond donors (Lipinski definition) is 1. The zero-order valence-corrected chi connectivity index (χ0v) is 10.7. The van der Waals surface area contributed by atoms with Gasteiger partial charge in [0.05, 0.1) is 0 Å². The number of methoxy groups -OCH3 is 1. The van der Waals surface area contributed by atoms with Crippen molar-refractivity contribution in [3.05, 3.63) is 59.8 Å². The zero-order chi connectivity index (χ0) is 13.7. The Labute approximate surface area is 112 Å². The maximum absolute atomic E-state index is 12.3. The molecule has 0 spiro atoms. The summed E-state index contributed by atoms with van der Waals surface area (Å²) < 4.78 is 5.30. The van der Waals surface area contributed by atoms with Crippen LogP contribution in [-0.2, 0) is 16.0 Å². The maximum atomic E-state index is 12.3. The summed E-state index contributed by atoms with van der Waals surface area (Å²) in [5.74, 6) is 0.415. The Balaban J connectivity index is 2.14. The molecule has 1 heterocycles. The van der Waals surface area contributed by atoms with Crippen molar-refractivity contribution in [2.75, 3.05) is 12.8 Å². The van der Waals surface area contributed by atoms with E-state index in [1.807, 2.05) is 30.3 Å². The number of ketones is 1. The van der Waals surface area contributed by atoms with Crippen LogP contribution in [0.2, 0.25) is 0 Å². The van der Waals surface area contributed by atoms with Gasteiger partial charge in [0.15, 0.2) is 5.78 Å². The number of nitrogen functional groups attached to an aromatic ring is 1. The van der Waals surface area contributed by atoms with Crippen molar-refractivity contribution in [3.63, 3.8) is 0 Å². The summed E-state index contributed by atoms with van der Waals surface area (Å²) in [5.41, 5.74) is 7.30. The lowest BCUT2D eigenvalue weighted by Crippen LogP contribution is -2.17. The second-order valence-corrected chi connectivity index (χ2v) is 4.26. The quantitative estimate of drug-likeness (QED) is 0.890. The predicted molar refractivity (Wildman–Crippen MR) is 73.6 cm³/mol. The lowest BCUT2D eigenvalue weighted by Gasteiger charge is -2.14. The highest BCUT2D eigenvalue weighted by atomic mass is 16.5. The van der Waals surface area contributed by atoms with Crippen LogP contribution in [0.1, 0.15) is 17.2 Å². The van der Waals surface area contributed by atoms with Crippen molar-refractivity contribution in [2.45, 2.75) is 12.5 Å². The number of nitrogens with zero attached hydrogens (tertiary/aromatic N) is 1. The second-order valence-electron chi connectivity index (χ2n) is 4.26. The van der Waals surface area contributed by atoms with Gasteiger partial charge in [-0.1, -0.05) is 30.3 Å². The van der Waals surface area contributed by atoms with Gasteiger partial charge in [-0.05, 0) is 23.3 Å². The molecule has 0 aliphatic heterocycles. The normalized spacial score (nSPS) is 12.1. The van der Waals surface area contributed by atoms with E-state index in [-0.39, 0.29) is 12.2 Å². The van der Waals surface area contributed by atoms with Gasteiger partial charge in [0.25, 0.3) is 0 Å². The fourth-order valence-corrected chi connectivity index (χ4v) is 1.98. The van der Waals surface area contributed by atoms with Crippen LogP contribution in [0.3, 0.4) is 0 Å². The van der Waals surface area contributed by atoms with E-state index in [1.54, 1.807) is 18.3 Å². The lowest BCUT2D eigenvalue weighted by molar-refractivity contribution is -0.128. The molecule has 0 aliphatic rings. The standard InChI is InChI=1S/C15H16N2O2/c1-19-15(12-5-3-2-4-6-12)13(18)9-11-7-8-17-14(16)10-11/h2-8,10,15H,9H2,1H3,(H2,16,17). The molecule has 1 unspecified atom stereocenters. The number of rotatable bonds is 5. The molecule has 0 saturated carbocycles. The van der Waals surface area contributed by atoms with Crippen molar-refractivity contribution >= 4 is 11.6 Å². The fraction of sp³-hybridized carbons (Fsp3) is 0.200. The minimum atomic E-state index is -0.546. The first-order chi connectivity index (χ1) is 9.20. The van der Waals surface area contributed by atoms with E-state index in [9.17, 15) is 4.79 Å². The van der Waals surface area contributed by atoms with E-state index < -0.39 is 6.10 Å². The molecule has 4 heteroatoms. The van der Waals surface area contributed by atoms with Crippen LogP contribution in [0.25, 0.3) is 0 Å². The molecule has 98 valence electrons. The van der Waals surface area contributed by atoms with Gasteiger partial charge < -0.3 is 10.5 Å². The molecule has 0 aliphatic carbocycles. The van der Waals surface area contributed by atoms with E-state index in [1.165, 1.54) is 7.11 Å². The molecule has 0 bridgehead atoms. The van der Waals surface area contributed by atoms with Crippen molar-refractivity contribution in [2.24, 2.45) is 0 Å². The van der Waals surface area contributed by atoms with E-state index in [0.29, 0.717) is 5.82 Å². The van der Waals surface area contributed by atoms with E-state index >= 15 is 0 Å². The molecule has 2 aromatic rings. The average Bonchev–Trinajstić information content (AvgIpc) is 2.41. The van der Waals surface area contributed by atoms with Crippen molar-refractivity contribution in [1.82, 2.24) is 4.98 Å².